The van der Waals surface area contributed by atoms with E-state index in [9.17, 15) is 36.1 Å². The van der Waals surface area contributed by atoms with Crippen LogP contribution in [0.2, 0.25) is 0 Å². The second-order valence-corrected chi connectivity index (χ2v) is 17.5. The predicted molar refractivity (Wildman–Crippen MR) is 167 cm³/mol. The summed E-state index contributed by atoms with van der Waals surface area (Å²) in [6.45, 7) is 9.25. The number of nitrogens with one attached hydrogen (secondary N) is 1. The van der Waals surface area contributed by atoms with Gasteiger partial charge in [-0.1, -0.05) is 39.8 Å². The quantitative estimate of drug-likeness (QED) is 0.125. The van der Waals surface area contributed by atoms with Crippen LogP contribution in [0.3, 0.4) is 0 Å². The summed E-state index contributed by atoms with van der Waals surface area (Å²) in [7, 11) is -13.0. The molecule has 0 radical (unpaired) electrons. The molecule has 3 N–H and O–H groups in total. The molecular weight excluding hydrogens is 631 g/mol. The number of anilines is 1. The van der Waals surface area contributed by atoms with E-state index in [4.69, 9.17) is 0 Å². The number of fused-ring (bicyclic) bond motifs is 2. The third-order valence-electron chi connectivity index (χ3n) is 8.34. The van der Waals surface area contributed by atoms with Crippen LogP contribution in [0.25, 0.3) is 21.5 Å². The molecule has 2 aliphatic rings. The number of nitrogens with zero attached hydrogens (tertiary/aromatic N) is 3. The van der Waals surface area contributed by atoms with E-state index in [2.05, 4.69) is 15.3 Å². The number of nitroso groups, excluding NO2 is 1. The molecule has 0 bridgehead atoms. The Labute approximate surface area is 256 Å². The molecule has 0 unspecified atom stereocenters. The zero-order valence-electron chi connectivity index (χ0n) is 24.9. The summed E-state index contributed by atoms with van der Waals surface area (Å²) >= 11 is 0. The van der Waals surface area contributed by atoms with E-state index in [1.807, 2.05) is 27.7 Å². The molecule has 5 rings (SSSR count). The van der Waals surface area contributed by atoms with E-state index in [0.29, 0.717) is 26.2 Å². The molecule has 0 saturated carbocycles. The van der Waals surface area contributed by atoms with Crippen molar-refractivity contribution in [3.8, 4) is 0 Å². The number of hydrogen-bond donors (Lipinski definition) is 3. The van der Waals surface area contributed by atoms with E-state index < -0.39 is 27.9 Å². The van der Waals surface area contributed by atoms with Crippen LogP contribution in [0.1, 0.15) is 40.5 Å². The van der Waals surface area contributed by atoms with Crippen molar-refractivity contribution in [1.82, 2.24) is 8.61 Å². The van der Waals surface area contributed by atoms with Crippen molar-refractivity contribution in [2.24, 2.45) is 28.8 Å². The molecule has 2 fully saturated rings. The second kappa shape index (κ2) is 12.0. The zero-order chi connectivity index (χ0) is 32.2. The maximum atomic E-state index is 13.7. The fourth-order valence-corrected chi connectivity index (χ4v) is 10.3. The van der Waals surface area contributed by atoms with Crippen molar-refractivity contribution in [3.05, 3.63) is 41.3 Å². The average Bonchev–Trinajstić information content (AvgIpc) is 2.93. The number of piperidine rings is 2. The minimum absolute atomic E-state index is 0.000875. The van der Waals surface area contributed by atoms with Gasteiger partial charge in [-0.2, -0.15) is 13.2 Å². The molecule has 0 spiro atoms. The Morgan fingerprint density at radius 1 is 0.750 bits per heavy atom. The summed E-state index contributed by atoms with van der Waals surface area (Å²) in [5.74, 6) is 0.600. The van der Waals surface area contributed by atoms with Crippen LogP contribution in [0.4, 0.5) is 11.4 Å². The van der Waals surface area contributed by atoms with Crippen LogP contribution >= 0.6 is 7.82 Å². The van der Waals surface area contributed by atoms with Crippen molar-refractivity contribution in [2.75, 3.05) is 31.7 Å². The lowest BCUT2D eigenvalue weighted by atomic mass is 9.94. The van der Waals surface area contributed by atoms with Crippen LogP contribution < -0.4 is 5.48 Å². The molecule has 4 atom stereocenters. The van der Waals surface area contributed by atoms with Gasteiger partial charge in [0.1, 0.15) is 5.69 Å². The monoisotopic (exact) mass is 668 g/mol. The maximum absolute atomic E-state index is 13.7. The second-order valence-electron chi connectivity index (χ2n) is 12.4. The third-order valence-corrected chi connectivity index (χ3v) is 12.3. The first-order valence-electron chi connectivity index (χ1n) is 14.4. The topological polar surface area (TPSA) is 183 Å². The van der Waals surface area contributed by atoms with Crippen LogP contribution in [-0.2, 0) is 29.2 Å². The summed E-state index contributed by atoms with van der Waals surface area (Å²) in [5.41, 5.74) is 2.04. The predicted octanol–water partition coefficient (Wildman–Crippen LogP) is 5.16. The van der Waals surface area contributed by atoms with Crippen LogP contribution in [0.5, 0.6) is 0 Å². The molecule has 2 aliphatic heterocycles. The Hall–Kier alpha value is -2.49. The first kappa shape index (κ1) is 32.9. The molecule has 0 amide bonds. The Kier molecular flexibility index (Phi) is 8.99. The summed E-state index contributed by atoms with van der Waals surface area (Å²) in [6.07, 6.45) is 1.79. The number of phosphoric acid groups is 1. The minimum Gasteiger partial charge on any atom is -0.301 e. The molecule has 13 nitrogen and oxygen atoms in total. The van der Waals surface area contributed by atoms with Gasteiger partial charge in [-0.05, 0) is 66.0 Å². The maximum Gasteiger partial charge on any atom is 0.491 e. The normalized spacial score (nSPS) is 24.5. The van der Waals surface area contributed by atoms with E-state index >= 15 is 0 Å². The zero-order valence-corrected chi connectivity index (χ0v) is 27.4. The highest BCUT2D eigenvalue weighted by Gasteiger charge is 2.34. The van der Waals surface area contributed by atoms with Crippen molar-refractivity contribution >= 4 is 60.8 Å². The lowest BCUT2D eigenvalue weighted by Crippen LogP contribution is -2.42. The molecule has 2 heterocycles. The molecule has 0 aliphatic carbocycles. The lowest BCUT2D eigenvalue weighted by molar-refractivity contribution is 0.222. The number of hydrogen-bond acceptors (Lipinski definition) is 9. The Morgan fingerprint density at radius 2 is 1.14 bits per heavy atom. The van der Waals surface area contributed by atoms with Gasteiger partial charge in [0.2, 0.25) is 20.0 Å². The van der Waals surface area contributed by atoms with E-state index in [-0.39, 0.29) is 66.4 Å². The molecule has 3 aromatic rings. The van der Waals surface area contributed by atoms with Gasteiger partial charge in [-0.3, -0.25) is 5.48 Å². The number of sulfonamides is 2. The first-order valence-corrected chi connectivity index (χ1v) is 18.8. The van der Waals surface area contributed by atoms with E-state index in [1.54, 1.807) is 0 Å². The summed E-state index contributed by atoms with van der Waals surface area (Å²) in [6, 6.07) is 8.06. The Bertz CT molecular complexity index is 1740. The summed E-state index contributed by atoms with van der Waals surface area (Å²) in [5, 5.41) is 3.67. The van der Waals surface area contributed by atoms with Crippen molar-refractivity contribution in [3.63, 3.8) is 0 Å². The van der Waals surface area contributed by atoms with Crippen molar-refractivity contribution < 1.29 is 35.8 Å². The van der Waals surface area contributed by atoms with E-state index in [1.165, 1.54) is 45.0 Å². The molecule has 3 aromatic carbocycles. The summed E-state index contributed by atoms with van der Waals surface area (Å²) in [4.78, 5) is 31.0. The molecule has 2 saturated heterocycles. The summed E-state index contributed by atoms with van der Waals surface area (Å²) < 4.78 is 73.9. The fourth-order valence-electron chi connectivity index (χ4n) is 6.70. The molecule has 0 aromatic heterocycles. The smallest absolute Gasteiger partial charge is 0.301 e. The average molecular weight is 669 g/mol. The first-order chi connectivity index (χ1) is 20.5. The van der Waals surface area contributed by atoms with Gasteiger partial charge in [-0.25, -0.2) is 21.4 Å². The van der Waals surface area contributed by atoms with Gasteiger partial charge < -0.3 is 9.79 Å². The highest BCUT2D eigenvalue weighted by Crippen LogP contribution is 2.45. The van der Waals surface area contributed by atoms with Crippen LogP contribution in [0, 0.1) is 28.6 Å². The lowest BCUT2D eigenvalue weighted by Gasteiger charge is -2.34. The highest BCUT2D eigenvalue weighted by molar-refractivity contribution is 7.89. The Morgan fingerprint density at radius 3 is 1.48 bits per heavy atom. The van der Waals surface area contributed by atoms with Crippen molar-refractivity contribution in [1.29, 1.82) is 0 Å². The van der Waals surface area contributed by atoms with Gasteiger partial charge in [0, 0.05) is 47.7 Å². The molecule has 16 heteroatoms. The largest absolute Gasteiger partial charge is 0.491 e. The SMILES string of the molecule is C[C@@H]1C[C@H](C)CN(S(=O)(=O)c2ccc3c(NOP(=O)(O)O)c4ccc(S(=O)(=O)N5C[C@H](C)C[C@H](C)C5)cc4c(N=O)c3c2)C1. The third kappa shape index (κ3) is 6.42. The molecule has 240 valence electrons. The number of benzene rings is 3. The Balaban J connectivity index is 1.72. The molecular formula is C28H37N4O9PS2. The minimum atomic E-state index is -5.04. The van der Waals surface area contributed by atoms with Crippen LogP contribution in [0.15, 0.2) is 51.4 Å². The van der Waals surface area contributed by atoms with E-state index in [0.717, 1.165) is 12.8 Å². The van der Waals surface area contributed by atoms with Crippen LogP contribution in [-0.4, -0.2) is 61.4 Å². The standard InChI is InChI=1S/C28H37N4O9PS2/c1-17-9-18(2)14-31(13-17)43(37,38)21-5-7-23-25(11-21)27(29-33)26-12-22(6-8-24(26)28(23)30-41-42(34,35)36)44(39,40)32-15-19(3)10-20(4)16-32/h5-8,11-12,17-20,30H,9-10,13-16H2,1-4H3,(H2,34,35,36)/t17-,18+,19-,20+. The van der Waals surface area contributed by atoms with Crippen molar-refractivity contribution in [2.45, 2.75) is 50.3 Å². The highest BCUT2D eigenvalue weighted by atomic mass is 32.2. The molecule has 44 heavy (non-hydrogen) atoms. The number of rotatable bonds is 8. The van der Waals surface area contributed by atoms with Gasteiger partial charge >= 0.3 is 7.82 Å². The van der Waals surface area contributed by atoms with Gasteiger partial charge in [0.05, 0.1) is 15.5 Å². The fraction of sp³-hybridized carbons (Fsp3) is 0.500. The van der Waals surface area contributed by atoms with Gasteiger partial charge in [-0.15, -0.1) is 4.91 Å². The van der Waals surface area contributed by atoms with Gasteiger partial charge in [0.25, 0.3) is 0 Å². The van der Waals surface area contributed by atoms with Gasteiger partial charge in [0.15, 0.2) is 0 Å².